The molecular weight excluding hydrogens is 234 g/mol. The van der Waals surface area contributed by atoms with Gasteiger partial charge in [-0.2, -0.15) is 0 Å². The predicted molar refractivity (Wildman–Crippen MR) is 65.3 cm³/mol. The second kappa shape index (κ2) is 4.68. The van der Waals surface area contributed by atoms with Crippen LogP contribution in [-0.2, 0) is 4.79 Å². The maximum Gasteiger partial charge on any atom is 0.227 e. The van der Waals surface area contributed by atoms with Crippen LogP contribution in [0.25, 0.3) is 0 Å². The number of nitrogens with one attached hydrogen (secondary N) is 1. The van der Waals surface area contributed by atoms with Crippen LogP contribution in [0.4, 0.5) is 0 Å². The topological polar surface area (TPSA) is 64.6 Å². The maximum atomic E-state index is 11.9. The molecule has 0 saturated carbocycles. The fourth-order valence-electron chi connectivity index (χ4n) is 2.24. The van der Waals surface area contributed by atoms with E-state index in [4.69, 9.17) is 9.47 Å². The molecule has 0 heterocycles. The molecule has 1 aromatic carbocycles. The van der Waals surface area contributed by atoms with Gasteiger partial charge in [-0.15, -0.1) is 0 Å². The summed E-state index contributed by atoms with van der Waals surface area (Å²) in [6.07, 6.45) is 0.200. The van der Waals surface area contributed by atoms with Crippen molar-refractivity contribution < 1.29 is 19.1 Å². The van der Waals surface area contributed by atoms with Crippen LogP contribution in [0.3, 0.4) is 0 Å². The molecular formula is C13H15NO4. The molecule has 1 amide bonds. The highest BCUT2D eigenvalue weighted by Gasteiger charge is 2.35. The van der Waals surface area contributed by atoms with Crippen molar-refractivity contribution in [3.05, 3.63) is 23.3 Å². The van der Waals surface area contributed by atoms with Gasteiger partial charge in [0.1, 0.15) is 0 Å². The first-order valence-electron chi connectivity index (χ1n) is 5.63. The highest BCUT2D eigenvalue weighted by atomic mass is 16.5. The fourth-order valence-corrected chi connectivity index (χ4v) is 2.24. The molecule has 0 fully saturated rings. The first kappa shape index (κ1) is 12.4. The van der Waals surface area contributed by atoms with Gasteiger partial charge in [-0.3, -0.25) is 9.59 Å². The SMILES string of the molecule is CNC(=O)C1CC(=O)c2cc(OC)c(OC)cc21. The number of fused-ring (bicyclic) bond motifs is 1. The van der Waals surface area contributed by atoms with E-state index < -0.39 is 5.92 Å². The summed E-state index contributed by atoms with van der Waals surface area (Å²) in [6, 6.07) is 3.35. The van der Waals surface area contributed by atoms with E-state index in [2.05, 4.69) is 5.32 Å². The Morgan fingerprint density at radius 1 is 1.28 bits per heavy atom. The second-order valence-electron chi connectivity index (χ2n) is 4.09. The Morgan fingerprint density at radius 3 is 2.44 bits per heavy atom. The van der Waals surface area contributed by atoms with Crippen molar-refractivity contribution in [3.8, 4) is 11.5 Å². The Hall–Kier alpha value is -2.04. The van der Waals surface area contributed by atoms with Crippen LogP contribution in [0.1, 0.15) is 28.3 Å². The van der Waals surface area contributed by atoms with Crippen molar-refractivity contribution in [3.63, 3.8) is 0 Å². The van der Waals surface area contributed by atoms with Crippen LogP contribution in [-0.4, -0.2) is 33.0 Å². The second-order valence-corrected chi connectivity index (χ2v) is 4.09. The number of ketones is 1. The minimum atomic E-state index is -0.433. The largest absolute Gasteiger partial charge is 0.493 e. The summed E-state index contributed by atoms with van der Waals surface area (Å²) in [5, 5.41) is 2.57. The van der Waals surface area contributed by atoms with E-state index in [-0.39, 0.29) is 18.1 Å². The van der Waals surface area contributed by atoms with Gasteiger partial charge >= 0.3 is 0 Å². The highest BCUT2D eigenvalue weighted by Crippen LogP contribution is 2.40. The third kappa shape index (κ3) is 1.81. The molecule has 2 rings (SSSR count). The van der Waals surface area contributed by atoms with E-state index in [1.54, 1.807) is 19.2 Å². The van der Waals surface area contributed by atoms with E-state index in [0.29, 0.717) is 22.6 Å². The smallest absolute Gasteiger partial charge is 0.227 e. The lowest BCUT2D eigenvalue weighted by atomic mass is 10.00. The molecule has 18 heavy (non-hydrogen) atoms. The molecule has 1 unspecified atom stereocenters. The minimum absolute atomic E-state index is 0.0421. The van der Waals surface area contributed by atoms with Crippen molar-refractivity contribution in [2.75, 3.05) is 21.3 Å². The monoisotopic (exact) mass is 249 g/mol. The van der Waals surface area contributed by atoms with Gasteiger partial charge in [0.15, 0.2) is 17.3 Å². The summed E-state index contributed by atoms with van der Waals surface area (Å²) in [5.74, 6) is 0.396. The average molecular weight is 249 g/mol. The van der Waals surface area contributed by atoms with E-state index in [1.165, 1.54) is 14.2 Å². The number of methoxy groups -OCH3 is 2. The Balaban J connectivity index is 2.53. The van der Waals surface area contributed by atoms with E-state index in [9.17, 15) is 9.59 Å². The molecule has 1 aromatic rings. The van der Waals surface area contributed by atoms with Crippen LogP contribution in [0.2, 0.25) is 0 Å². The number of amides is 1. The van der Waals surface area contributed by atoms with Crippen LogP contribution in [0.15, 0.2) is 12.1 Å². The van der Waals surface area contributed by atoms with Gasteiger partial charge in [0.25, 0.3) is 0 Å². The lowest BCUT2D eigenvalue weighted by Crippen LogP contribution is -2.24. The van der Waals surface area contributed by atoms with Crippen molar-refractivity contribution in [1.82, 2.24) is 5.32 Å². The quantitative estimate of drug-likeness (QED) is 0.871. The van der Waals surface area contributed by atoms with Crippen molar-refractivity contribution in [2.45, 2.75) is 12.3 Å². The molecule has 5 heteroatoms. The number of likely N-dealkylation sites (N-methyl/N-ethyl adjacent to an activating group) is 1. The molecule has 1 aliphatic carbocycles. The Kier molecular flexibility index (Phi) is 3.23. The third-order valence-corrected chi connectivity index (χ3v) is 3.18. The summed E-state index contributed by atoms with van der Waals surface area (Å²) in [4.78, 5) is 23.6. The molecule has 5 nitrogen and oxygen atoms in total. The number of hydrogen-bond acceptors (Lipinski definition) is 4. The average Bonchev–Trinajstić information content (AvgIpc) is 2.73. The zero-order valence-electron chi connectivity index (χ0n) is 10.6. The van der Waals surface area contributed by atoms with Crippen LogP contribution in [0.5, 0.6) is 11.5 Å². The maximum absolute atomic E-state index is 11.9. The highest BCUT2D eigenvalue weighted by molar-refractivity contribution is 6.07. The lowest BCUT2D eigenvalue weighted by Gasteiger charge is -2.12. The van der Waals surface area contributed by atoms with E-state index in [1.807, 2.05) is 0 Å². The molecule has 1 N–H and O–H groups in total. The van der Waals surface area contributed by atoms with Crippen LogP contribution in [0, 0.1) is 0 Å². The lowest BCUT2D eigenvalue weighted by molar-refractivity contribution is -0.121. The molecule has 0 saturated heterocycles. The minimum Gasteiger partial charge on any atom is -0.493 e. The summed E-state index contributed by atoms with van der Waals surface area (Å²) in [6.45, 7) is 0. The molecule has 0 aliphatic heterocycles. The van der Waals surface area contributed by atoms with Gasteiger partial charge in [-0.25, -0.2) is 0 Å². The van der Waals surface area contributed by atoms with Gasteiger partial charge in [0.2, 0.25) is 5.91 Å². The molecule has 0 spiro atoms. The molecule has 0 radical (unpaired) electrons. The molecule has 1 aliphatic rings. The normalized spacial score (nSPS) is 17.3. The van der Waals surface area contributed by atoms with Gasteiger partial charge in [0.05, 0.1) is 20.1 Å². The van der Waals surface area contributed by atoms with Crippen molar-refractivity contribution >= 4 is 11.7 Å². The number of carbonyl (C=O) groups is 2. The van der Waals surface area contributed by atoms with E-state index >= 15 is 0 Å². The number of benzene rings is 1. The summed E-state index contributed by atoms with van der Waals surface area (Å²) in [7, 11) is 4.60. The fraction of sp³-hybridized carbons (Fsp3) is 0.385. The molecule has 1 atom stereocenters. The van der Waals surface area contributed by atoms with Crippen LogP contribution < -0.4 is 14.8 Å². The molecule has 0 bridgehead atoms. The van der Waals surface area contributed by atoms with Crippen molar-refractivity contribution in [2.24, 2.45) is 0 Å². The number of ether oxygens (including phenoxy) is 2. The summed E-state index contributed by atoms with van der Waals surface area (Å²) < 4.78 is 10.3. The van der Waals surface area contributed by atoms with Crippen molar-refractivity contribution in [1.29, 1.82) is 0 Å². The zero-order valence-corrected chi connectivity index (χ0v) is 10.6. The Morgan fingerprint density at radius 2 is 1.89 bits per heavy atom. The number of carbonyl (C=O) groups excluding carboxylic acids is 2. The molecule has 96 valence electrons. The third-order valence-electron chi connectivity index (χ3n) is 3.18. The predicted octanol–water partition coefficient (Wildman–Crippen LogP) is 1.12. The van der Waals surface area contributed by atoms with Crippen LogP contribution >= 0.6 is 0 Å². The molecule has 0 aromatic heterocycles. The number of hydrogen-bond donors (Lipinski definition) is 1. The summed E-state index contributed by atoms with van der Waals surface area (Å²) >= 11 is 0. The van der Waals surface area contributed by atoms with Gasteiger partial charge in [-0.1, -0.05) is 0 Å². The first-order valence-corrected chi connectivity index (χ1v) is 5.63. The number of Topliss-reactive ketones (excluding diaryl/α,β-unsaturated/α-hetero) is 1. The van der Waals surface area contributed by atoms with Gasteiger partial charge in [-0.05, 0) is 17.7 Å². The van der Waals surface area contributed by atoms with Gasteiger partial charge in [0, 0.05) is 19.0 Å². The Bertz CT molecular complexity index is 510. The first-order chi connectivity index (χ1) is 8.62. The standard InChI is InChI=1S/C13H15NO4/c1-14-13(16)9-4-10(15)8-6-12(18-3)11(17-2)5-7(8)9/h5-6,9H,4H2,1-3H3,(H,14,16). The van der Waals surface area contributed by atoms with Gasteiger partial charge < -0.3 is 14.8 Å². The summed E-state index contributed by atoms with van der Waals surface area (Å²) in [5.41, 5.74) is 1.25. The van der Waals surface area contributed by atoms with E-state index in [0.717, 1.165) is 0 Å². The number of rotatable bonds is 3. The zero-order chi connectivity index (χ0) is 13.3. The Labute approximate surface area is 105 Å².